The van der Waals surface area contributed by atoms with Gasteiger partial charge in [-0.05, 0) is 36.6 Å². The minimum absolute atomic E-state index is 0.186. The summed E-state index contributed by atoms with van der Waals surface area (Å²) in [4.78, 5) is 24.9. The number of benzene rings is 1. The molecule has 3 N–H and O–H groups in total. The van der Waals surface area contributed by atoms with Gasteiger partial charge in [0.15, 0.2) is 0 Å². The summed E-state index contributed by atoms with van der Waals surface area (Å²) in [6.45, 7) is 3.82. The van der Waals surface area contributed by atoms with Crippen LogP contribution >= 0.6 is 0 Å². The Balaban J connectivity index is 2.61. The van der Waals surface area contributed by atoms with E-state index in [0.29, 0.717) is 12.1 Å². The zero-order valence-electron chi connectivity index (χ0n) is 12.9. The molecule has 1 aromatic rings. The van der Waals surface area contributed by atoms with Crippen molar-refractivity contribution in [2.75, 3.05) is 24.3 Å². The van der Waals surface area contributed by atoms with Crippen molar-refractivity contribution in [3.63, 3.8) is 0 Å². The summed E-state index contributed by atoms with van der Waals surface area (Å²) < 4.78 is 0. The number of carbonyl (C=O) groups excluding carboxylic acids is 1. The molecule has 1 atom stereocenters. The van der Waals surface area contributed by atoms with E-state index in [0.717, 1.165) is 5.69 Å². The molecule has 0 bridgehead atoms. The van der Waals surface area contributed by atoms with Crippen molar-refractivity contribution in [3.05, 3.63) is 24.3 Å². The summed E-state index contributed by atoms with van der Waals surface area (Å²) in [6, 6.07) is 5.89. The van der Waals surface area contributed by atoms with E-state index < -0.39 is 18.0 Å². The van der Waals surface area contributed by atoms with E-state index in [1.54, 1.807) is 12.1 Å². The van der Waals surface area contributed by atoms with Crippen molar-refractivity contribution in [1.29, 1.82) is 0 Å². The molecule has 2 amide bonds. The van der Waals surface area contributed by atoms with Gasteiger partial charge < -0.3 is 20.6 Å². The Kier molecular flexibility index (Phi) is 6.02. The quantitative estimate of drug-likeness (QED) is 0.752. The number of carbonyl (C=O) groups is 2. The van der Waals surface area contributed by atoms with Crippen LogP contribution in [0.5, 0.6) is 0 Å². The minimum atomic E-state index is -1.03. The van der Waals surface area contributed by atoms with Gasteiger partial charge in [-0.3, -0.25) is 0 Å². The van der Waals surface area contributed by atoms with Crippen LogP contribution < -0.4 is 15.5 Å². The smallest absolute Gasteiger partial charge is 0.326 e. The van der Waals surface area contributed by atoms with E-state index in [2.05, 4.69) is 10.6 Å². The summed E-state index contributed by atoms with van der Waals surface area (Å²) in [6.07, 6.45) is 0.391. The third-order valence-electron chi connectivity index (χ3n) is 2.95. The maximum Gasteiger partial charge on any atom is 0.326 e. The maximum atomic E-state index is 11.8. The van der Waals surface area contributed by atoms with Crippen molar-refractivity contribution >= 4 is 23.4 Å². The van der Waals surface area contributed by atoms with Gasteiger partial charge in [-0.25, -0.2) is 9.59 Å². The Morgan fingerprint density at radius 3 is 2.19 bits per heavy atom. The second-order valence-electron chi connectivity index (χ2n) is 5.56. The normalized spacial score (nSPS) is 11.9. The Bertz CT molecular complexity index is 483. The second kappa shape index (κ2) is 7.52. The van der Waals surface area contributed by atoms with Crippen LogP contribution in [0.1, 0.15) is 20.3 Å². The lowest BCUT2D eigenvalue weighted by atomic mass is 10.0. The first-order valence-electron chi connectivity index (χ1n) is 6.87. The molecule has 0 aliphatic heterocycles. The van der Waals surface area contributed by atoms with Crippen LogP contribution in [0.25, 0.3) is 0 Å². The van der Waals surface area contributed by atoms with Gasteiger partial charge in [0.25, 0.3) is 0 Å². The Hall–Kier alpha value is -2.24. The lowest BCUT2D eigenvalue weighted by Gasteiger charge is -2.17. The largest absolute Gasteiger partial charge is 0.480 e. The van der Waals surface area contributed by atoms with Crippen LogP contribution in [0.2, 0.25) is 0 Å². The molecule has 0 radical (unpaired) electrons. The molecule has 0 aromatic heterocycles. The summed E-state index contributed by atoms with van der Waals surface area (Å²) in [5, 5.41) is 14.2. The highest BCUT2D eigenvalue weighted by atomic mass is 16.4. The van der Waals surface area contributed by atoms with E-state index in [4.69, 9.17) is 5.11 Å². The number of rotatable bonds is 6. The highest BCUT2D eigenvalue weighted by Gasteiger charge is 2.20. The van der Waals surface area contributed by atoms with Gasteiger partial charge >= 0.3 is 12.0 Å². The van der Waals surface area contributed by atoms with Crippen molar-refractivity contribution < 1.29 is 14.7 Å². The Morgan fingerprint density at radius 1 is 1.19 bits per heavy atom. The van der Waals surface area contributed by atoms with Gasteiger partial charge in [0.1, 0.15) is 6.04 Å². The summed E-state index contributed by atoms with van der Waals surface area (Å²) in [7, 11) is 3.86. The summed E-state index contributed by atoms with van der Waals surface area (Å²) >= 11 is 0. The molecule has 0 heterocycles. The number of hydrogen-bond acceptors (Lipinski definition) is 3. The molecule has 0 fully saturated rings. The molecule has 0 saturated carbocycles. The first kappa shape index (κ1) is 16.8. The number of carboxylic acid groups (broad SMARTS) is 1. The molecule has 1 rings (SSSR count). The van der Waals surface area contributed by atoms with E-state index in [1.807, 2.05) is 45.0 Å². The third kappa shape index (κ3) is 5.72. The number of hydrogen-bond donors (Lipinski definition) is 3. The fourth-order valence-electron chi connectivity index (χ4n) is 1.86. The van der Waals surface area contributed by atoms with Crippen LogP contribution in [0.3, 0.4) is 0 Å². The van der Waals surface area contributed by atoms with Crippen LogP contribution in [0.15, 0.2) is 24.3 Å². The van der Waals surface area contributed by atoms with Gasteiger partial charge in [0.05, 0.1) is 0 Å². The lowest BCUT2D eigenvalue weighted by molar-refractivity contribution is -0.139. The standard InChI is InChI=1S/C15H23N3O3/c1-10(2)9-13(14(19)20)17-15(21)16-11-5-7-12(8-6-11)18(3)4/h5-8,10,13H,9H2,1-4H3,(H,19,20)(H2,16,17,21). The van der Waals surface area contributed by atoms with Gasteiger partial charge in [-0.1, -0.05) is 13.8 Å². The molecule has 0 aliphatic carbocycles. The number of amides is 2. The fourth-order valence-corrected chi connectivity index (χ4v) is 1.86. The number of carboxylic acids is 1. The number of urea groups is 1. The van der Waals surface area contributed by atoms with Crippen LogP contribution in [-0.4, -0.2) is 37.2 Å². The van der Waals surface area contributed by atoms with E-state index in [1.165, 1.54) is 0 Å². The van der Waals surface area contributed by atoms with Gasteiger partial charge in [0, 0.05) is 25.5 Å². The zero-order valence-corrected chi connectivity index (χ0v) is 12.9. The first-order valence-corrected chi connectivity index (χ1v) is 6.87. The van der Waals surface area contributed by atoms with Crippen LogP contribution in [0.4, 0.5) is 16.2 Å². The monoisotopic (exact) mass is 293 g/mol. The van der Waals surface area contributed by atoms with Crippen molar-refractivity contribution in [2.24, 2.45) is 5.92 Å². The highest BCUT2D eigenvalue weighted by molar-refractivity contribution is 5.92. The van der Waals surface area contributed by atoms with Gasteiger partial charge in [-0.15, -0.1) is 0 Å². The maximum absolute atomic E-state index is 11.8. The van der Waals surface area contributed by atoms with Crippen molar-refractivity contribution in [2.45, 2.75) is 26.3 Å². The second-order valence-corrected chi connectivity index (χ2v) is 5.56. The Labute approximate surface area is 125 Å². The third-order valence-corrected chi connectivity index (χ3v) is 2.95. The van der Waals surface area contributed by atoms with Crippen LogP contribution in [0, 0.1) is 5.92 Å². The van der Waals surface area contributed by atoms with Crippen molar-refractivity contribution in [1.82, 2.24) is 5.32 Å². The minimum Gasteiger partial charge on any atom is -0.480 e. The molecule has 6 heteroatoms. The average Bonchev–Trinajstić information content (AvgIpc) is 2.37. The Morgan fingerprint density at radius 2 is 1.76 bits per heavy atom. The lowest BCUT2D eigenvalue weighted by Crippen LogP contribution is -2.43. The molecule has 0 spiro atoms. The van der Waals surface area contributed by atoms with E-state index in [9.17, 15) is 9.59 Å². The number of aliphatic carboxylic acids is 1. The summed E-state index contributed by atoms with van der Waals surface area (Å²) in [5.41, 5.74) is 1.64. The van der Waals surface area contributed by atoms with E-state index >= 15 is 0 Å². The van der Waals surface area contributed by atoms with Gasteiger partial charge in [0.2, 0.25) is 0 Å². The number of anilines is 2. The van der Waals surface area contributed by atoms with Crippen LogP contribution in [-0.2, 0) is 4.79 Å². The molecular formula is C15H23N3O3. The SMILES string of the molecule is CC(C)CC(NC(=O)Nc1ccc(N(C)C)cc1)C(=O)O. The van der Waals surface area contributed by atoms with E-state index in [-0.39, 0.29) is 5.92 Å². The predicted octanol–water partition coefficient (Wildman–Crippen LogP) is 2.37. The first-order chi connectivity index (χ1) is 9.79. The summed E-state index contributed by atoms with van der Waals surface area (Å²) in [5.74, 6) is -0.840. The molecule has 1 unspecified atom stereocenters. The fraction of sp³-hybridized carbons (Fsp3) is 0.467. The number of nitrogens with one attached hydrogen (secondary N) is 2. The predicted molar refractivity (Wildman–Crippen MR) is 83.8 cm³/mol. The molecule has 6 nitrogen and oxygen atoms in total. The van der Waals surface area contributed by atoms with Gasteiger partial charge in [-0.2, -0.15) is 0 Å². The number of nitrogens with zero attached hydrogens (tertiary/aromatic N) is 1. The zero-order chi connectivity index (χ0) is 16.0. The molecule has 21 heavy (non-hydrogen) atoms. The highest BCUT2D eigenvalue weighted by Crippen LogP contribution is 2.15. The molecule has 0 saturated heterocycles. The molecule has 116 valence electrons. The van der Waals surface area contributed by atoms with Crippen molar-refractivity contribution in [3.8, 4) is 0 Å². The topological polar surface area (TPSA) is 81.7 Å². The molecular weight excluding hydrogens is 270 g/mol. The molecule has 0 aliphatic rings. The molecule has 1 aromatic carbocycles. The average molecular weight is 293 g/mol.